The van der Waals surface area contributed by atoms with Crippen molar-refractivity contribution in [2.24, 2.45) is 5.92 Å². The number of carbonyl (C=O) groups excluding carboxylic acids is 1. The third kappa shape index (κ3) is 5.07. The number of nitrogens with zero attached hydrogens (tertiary/aromatic N) is 2. The van der Waals surface area contributed by atoms with Crippen molar-refractivity contribution in [1.82, 2.24) is 15.1 Å². The van der Waals surface area contributed by atoms with E-state index >= 15 is 0 Å². The minimum atomic E-state index is -0.516. The Morgan fingerprint density at radius 2 is 2.13 bits per heavy atom. The molecular weight excluding hydrogens is 290 g/mol. The Kier molecular flexibility index (Phi) is 6.11. The van der Waals surface area contributed by atoms with Gasteiger partial charge in [-0.05, 0) is 24.1 Å². The molecule has 0 spiro atoms. The van der Waals surface area contributed by atoms with Gasteiger partial charge in [-0.3, -0.25) is 4.79 Å². The fourth-order valence-corrected chi connectivity index (χ4v) is 2.05. The molecule has 122 valence electrons. The molecule has 1 amide bonds. The van der Waals surface area contributed by atoms with Crippen LogP contribution in [0.25, 0.3) is 11.8 Å². The van der Waals surface area contributed by atoms with Gasteiger partial charge in [0, 0.05) is 24.4 Å². The van der Waals surface area contributed by atoms with Crippen LogP contribution in [0.1, 0.15) is 25.8 Å². The summed E-state index contributed by atoms with van der Waals surface area (Å²) in [7, 11) is 0. The van der Waals surface area contributed by atoms with Crippen molar-refractivity contribution in [3.63, 3.8) is 0 Å². The number of para-hydroxylation sites is 1. The van der Waals surface area contributed by atoms with E-state index in [9.17, 15) is 9.90 Å². The van der Waals surface area contributed by atoms with Crippen LogP contribution in [0.2, 0.25) is 0 Å². The highest BCUT2D eigenvalue weighted by Crippen LogP contribution is 2.09. The van der Waals surface area contributed by atoms with Crippen molar-refractivity contribution in [3.05, 3.63) is 54.4 Å². The zero-order valence-electron chi connectivity index (χ0n) is 13.5. The summed E-state index contributed by atoms with van der Waals surface area (Å²) in [5, 5.41) is 16.8. The number of rotatable bonds is 7. The van der Waals surface area contributed by atoms with Gasteiger partial charge in [0.1, 0.15) is 0 Å². The first-order valence-corrected chi connectivity index (χ1v) is 7.84. The molecule has 1 aromatic carbocycles. The second kappa shape index (κ2) is 8.29. The van der Waals surface area contributed by atoms with Gasteiger partial charge < -0.3 is 10.4 Å². The summed E-state index contributed by atoms with van der Waals surface area (Å²) in [6.45, 7) is 4.24. The second-order valence-electron chi connectivity index (χ2n) is 5.59. The minimum Gasteiger partial charge on any atom is -0.391 e. The quantitative estimate of drug-likeness (QED) is 0.771. The monoisotopic (exact) mass is 313 g/mol. The Morgan fingerprint density at radius 3 is 2.83 bits per heavy atom. The van der Waals surface area contributed by atoms with Crippen LogP contribution in [-0.4, -0.2) is 33.4 Å². The van der Waals surface area contributed by atoms with E-state index in [1.807, 2.05) is 50.4 Å². The van der Waals surface area contributed by atoms with Crippen LogP contribution < -0.4 is 5.32 Å². The smallest absolute Gasteiger partial charge is 0.244 e. The lowest BCUT2D eigenvalue weighted by atomic mass is 10.0. The van der Waals surface area contributed by atoms with E-state index in [0.29, 0.717) is 0 Å². The molecule has 2 N–H and O–H groups in total. The van der Waals surface area contributed by atoms with E-state index < -0.39 is 6.10 Å². The van der Waals surface area contributed by atoms with E-state index in [0.717, 1.165) is 17.7 Å². The molecule has 5 nitrogen and oxygen atoms in total. The Balaban J connectivity index is 1.88. The normalized spacial score (nSPS) is 13.9. The number of hydrogen-bond donors (Lipinski definition) is 2. The van der Waals surface area contributed by atoms with E-state index in [2.05, 4.69) is 10.4 Å². The Morgan fingerprint density at radius 1 is 1.39 bits per heavy atom. The molecule has 2 aromatic rings. The molecule has 0 aliphatic heterocycles. The number of aliphatic hydroxyl groups excluding tert-OH is 1. The zero-order valence-corrected chi connectivity index (χ0v) is 13.5. The molecule has 0 bridgehead atoms. The number of aromatic nitrogens is 2. The second-order valence-corrected chi connectivity index (χ2v) is 5.59. The number of hydrogen-bond acceptors (Lipinski definition) is 3. The van der Waals surface area contributed by atoms with E-state index in [1.165, 1.54) is 6.08 Å². The molecule has 1 aromatic heterocycles. The summed E-state index contributed by atoms with van der Waals surface area (Å²) in [6, 6.07) is 9.77. The van der Waals surface area contributed by atoms with E-state index in [4.69, 9.17) is 0 Å². The predicted octanol–water partition coefficient (Wildman–Crippen LogP) is 2.41. The standard InChI is InChI=1S/C18H23N3O2/c1-3-14(2)17(22)12-19-18(23)10-9-15-11-20-21(13-15)16-7-5-4-6-8-16/h4-11,13-14,17,22H,3,12H2,1-2H3,(H,19,23)/b10-9+. The van der Waals surface area contributed by atoms with Crippen LogP contribution in [0.15, 0.2) is 48.8 Å². The van der Waals surface area contributed by atoms with Crippen molar-refractivity contribution in [1.29, 1.82) is 0 Å². The summed E-state index contributed by atoms with van der Waals surface area (Å²) in [5.74, 6) is -0.0526. The maximum absolute atomic E-state index is 11.8. The Hall–Kier alpha value is -2.40. The molecule has 0 fully saturated rings. The van der Waals surface area contributed by atoms with Crippen molar-refractivity contribution in [2.45, 2.75) is 26.4 Å². The van der Waals surface area contributed by atoms with Crippen LogP contribution in [0.4, 0.5) is 0 Å². The molecule has 2 unspecified atom stereocenters. The van der Waals surface area contributed by atoms with Crippen LogP contribution in [0.5, 0.6) is 0 Å². The number of nitrogens with one attached hydrogen (secondary N) is 1. The molecule has 0 radical (unpaired) electrons. The van der Waals surface area contributed by atoms with Gasteiger partial charge in [-0.15, -0.1) is 0 Å². The summed E-state index contributed by atoms with van der Waals surface area (Å²) >= 11 is 0. The predicted molar refractivity (Wildman–Crippen MR) is 91.1 cm³/mol. The van der Waals surface area contributed by atoms with E-state index in [-0.39, 0.29) is 18.4 Å². The maximum atomic E-state index is 11.8. The van der Waals surface area contributed by atoms with Crippen LogP contribution >= 0.6 is 0 Å². The molecule has 1 heterocycles. The van der Waals surface area contributed by atoms with Crippen LogP contribution in [0.3, 0.4) is 0 Å². The van der Waals surface area contributed by atoms with Crippen molar-refractivity contribution in [3.8, 4) is 5.69 Å². The SMILES string of the molecule is CCC(C)C(O)CNC(=O)/C=C/c1cnn(-c2ccccc2)c1. The molecule has 5 heteroatoms. The highest BCUT2D eigenvalue weighted by atomic mass is 16.3. The van der Waals surface area contributed by atoms with E-state index in [1.54, 1.807) is 17.0 Å². The molecular formula is C18H23N3O2. The van der Waals surface area contributed by atoms with Crippen molar-refractivity contribution < 1.29 is 9.90 Å². The molecule has 2 rings (SSSR count). The number of carbonyl (C=O) groups is 1. The number of aliphatic hydroxyl groups is 1. The van der Waals surface area contributed by atoms with Gasteiger partial charge in [0.2, 0.25) is 5.91 Å². The highest BCUT2D eigenvalue weighted by Gasteiger charge is 2.12. The average molecular weight is 313 g/mol. The topological polar surface area (TPSA) is 67.2 Å². The minimum absolute atomic E-state index is 0.170. The largest absolute Gasteiger partial charge is 0.391 e. The maximum Gasteiger partial charge on any atom is 0.244 e. The van der Waals surface area contributed by atoms with Crippen molar-refractivity contribution in [2.75, 3.05) is 6.54 Å². The first kappa shape index (κ1) is 17.0. The highest BCUT2D eigenvalue weighted by molar-refractivity contribution is 5.91. The summed E-state index contributed by atoms with van der Waals surface area (Å²) in [6.07, 6.45) is 7.08. The Bertz CT molecular complexity index is 649. The lowest BCUT2D eigenvalue weighted by molar-refractivity contribution is -0.117. The van der Waals surface area contributed by atoms with Gasteiger partial charge >= 0.3 is 0 Å². The average Bonchev–Trinajstić information content (AvgIpc) is 3.06. The fourth-order valence-electron chi connectivity index (χ4n) is 2.05. The lowest BCUT2D eigenvalue weighted by Crippen LogP contribution is -2.34. The van der Waals surface area contributed by atoms with Gasteiger partial charge in [0.15, 0.2) is 0 Å². The first-order valence-electron chi connectivity index (χ1n) is 7.84. The lowest BCUT2D eigenvalue weighted by Gasteiger charge is -2.16. The van der Waals surface area contributed by atoms with Gasteiger partial charge in [0.25, 0.3) is 0 Å². The first-order chi connectivity index (χ1) is 11.1. The van der Waals surface area contributed by atoms with Gasteiger partial charge in [-0.25, -0.2) is 4.68 Å². The van der Waals surface area contributed by atoms with Gasteiger partial charge in [-0.1, -0.05) is 38.5 Å². The fraction of sp³-hybridized carbons (Fsp3) is 0.333. The van der Waals surface area contributed by atoms with Gasteiger partial charge in [0.05, 0.1) is 18.0 Å². The summed E-state index contributed by atoms with van der Waals surface area (Å²) in [4.78, 5) is 11.8. The molecule has 0 aliphatic carbocycles. The number of benzene rings is 1. The Labute approximate surface area is 136 Å². The number of amides is 1. The third-order valence-corrected chi connectivity index (χ3v) is 3.84. The third-order valence-electron chi connectivity index (χ3n) is 3.84. The molecule has 0 saturated carbocycles. The zero-order chi connectivity index (χ0) is 16.7. The van der Waals surface area contributed by atoms with Gasteiger partial charge in [-0.2, -0.15) is 5.10 Å². The molecule has 2 atom stereocenters. The van der Waals surface area contributed by atoms with Crippen LogP contribution in [0, 0.1) is 5.92 Å². The van der Waals surface area contributed by atoms with Crippen LogP contribution in [-0.2, 0) is 4.79 Å². The summed E-state index contributed by atoms with van der Waals surface area (Å²) < 4.78 is 1.75. The van der Waals surface area contributed by atoms with Crippen molar-refractivity contribution >= 4 is 12.0 Å². The summed E-state index contributed by atoms with van der Waals surface area (Å²) in [5.41, 5.74) is 1.81. The molecule has 0 saturated heterocycles. The molecule has 23 heavy (non-hydrogen) atoms. The molecule has 0 aliphatic rings.